The predicted octanol–water partition coefficient (Wildman–Crippen LogP) is 0.0450. The smallest absolute Gasteiger partial charge is 0.160 e. The first kappa shape index (κ1) is 6.42. The second kappa shape index (κ2) is 3.35. The lowest BCUT2D eigenvalue weighted by Gasteiger charge is -1.94. The third kappa shape index (κ3) is 1.93. The van der Waals surface area contributed by atoms with Gasteiger partial charge in [-0.05, 0) is 6.42 Å². The Kier molecular flexibility index (Phi) is 2.39. The van der Waals surface area contributed by atoms with E-state index in [1.54, 1.807) is 0 Å². The van der Waals surface area contributed by atoms with E-state index in [0.29, 0.717) is 12.9 Å². The summed E-state index contributed by atoms with van der Waals surface area (Å²) in [7, 11) is 0. The Morgan fingerprint density at radius 1 is 1.67 bits per heavy atom. The van der Waals surface area contributed by atoms with Gasteiger partial charge in [0.2, 0.25) is 0 Å². The van der Waals surface area contributed by atoms with E-state index < -0.39 is 0 Å². The highest BCUT2D eigenvalue weighted by Crippen LogP contribution is 2.06. The number of nitrogens with zero attached hydrogens (tertiary/aromatic N) is 1. The van der Waals surface area contributed by atoms with Crippen LogP contribution in [0, 0.1) is 0 Å². The fraction of sp³-hybridized carbons (Fsp3) is 0.667. The van der Waals surface area contributed by atoms with Gasteiger partial charge in [-0.3, -0.25) is 9.79 Å². The van der Waals surface area contributed by atoms with Crippen LogP contribution in [0.3, 0.4) is 0 Å². The summed E-state index contributed by atoms with van der Waals surface area (Å²) in [6, 6.07) is 0.232. The number of carbonyl (C=O) groups is 1. The average molecular weight is 127 g/mol. The molecule has 0 aromatic heterocycles. The molecule has 1 aliphatic heterocycles. The van der Waals surface area contributed by atoms with Crippen LogP contribution in [0.5, 0.6) is 0 Å². The number of aliphatic imine (C=N–C) groups is 1. The largest absolute Gasteiger partial charge is 0.379 e. The van der Waals surface area contributed by atoms with E-state index in [1.165, 1.54) is 6.21 Å². The van der Waals surface area contributed by atoms with Crippen LogP contribution < -0.4 is 0 Å². The Balaban J connectivity index is 2.25. The van der Waals surface area contributed by atoms with Gasteiger partial charge in [0.15, 0.2) is 6.29 Å². The van der Waals surface area contributed by atoms with Gasteiger partial charge in [0, 0.05) is 6.61 Å². The van der Waals surface area contributed by atoms with Crippen molar-refractivity contribution < 1.29 is 9.53 Å². The predicted molar refractivity (Wildman–Crippen MR) is 33.8 cm³/mol. The highest BCUT2D eigenvalue weighted by atomic mass is 16.5. The zero-order valence-electron chi connectivity index (χ0n) is 5.12. The molecule has 3 heteroatoms. The first-order valence-electron chi connectivity index (χ1n) is 2.98. The van der Waals surface area contributed by atoms with Crippen LogP contribution >= 0.6 is 0 Å². The van der Waals surface area contributed by atoms with Crippen molar-refractivity contribution in [2.24, 2.45) is 4.99 Å². The molecule has 3 nitrogen and oxygen atoms in total. The third-order valence-corrected chi connectivity index (χ3v) is 1.26. The molecule has 1 heterocycles. The summed E-state index contributed by atoms with van der Waals surface area (Å²) in [5.41, 5.74) is 0. The molecular weight excluding hydrogens is 118 g/mol. The lowest BCUT2D eigenvalue weighted by atomic mass is 10.3. The summed E-state index contributed by atoms with van der Waals surface area (Å²) in [5, 5.41) is 0. The molecule has 0 saturated carbocycles. The van der Waals surface area contributed by atoms with Gasteiger partial charge < -0.3 is 4.74 Å². The minimum Gasteiger partial charge on any atom is -0.379 e. The molecule has 50 valence electrons. The molecular formula is C6H9NO2. The zero-order valence-corrected chi connectivity index (χ0v) is 5.12. The Morgan fingerprint density at radius 2 is 2.56 bits per heavy atom. The zero-order chi connectivity index (χ0) is 6.53. The molecule has 0 spiro atoms. The van der Waals surface area contributed by atoms with Crippen LogP contribution in [0.15, 0.2) is 4.99 Å². The second-order valence-electron chi connectivity index (χ2n) is 1.95. The van der Waals surface area contributed by atoms with Crippen LogP contribution in [0.1, 0.15) is 6.42 Å². The van der Waals surface area contributed by atoms with Gasteiger partial charge in [-0.25, -0.2) is 0 Å². The van der Waals surface area contributed by atoms with E-state index in [0.717, 1.165) is 13.0 Å². The van der Waals surface area contributed by atoms with Crippen molar-refractivity contribution in [2.75, 3.05) is 13.2 Å². The molecule has 1 fully saturated rings. The van der Waals surface area contributed by atoms with Gasteiger partial charge in [0.25, 0.3) is 0 Å². The summed E-state index contributed by atoms with van der Waals surface area (Å²) in [5.74, 6) is 0. The maximum absolute atomic E-state index is 9.77. The Labute approximate surface area is 53.7 Å². The molecule has 1 saturated heterocycles. The van der Waals surface area contributed by atoms with Gasteiger partial charge >= 0.3 is 0 Å². The SMILES string of the molecule is O=CC=NC1CCOC1. The molecule has 1 rings (SSSR count). The van der Waals surface area contributed by atoms with Gasteiger partial charge in [-0.1, -0.05) is 0 Å². The summed E-state index contributed by atoms with van der Waals surface area (Å²) in [4.78, 5) is 13.7. The number of rotatable bonds is 2. The normalized spacial score (nSPS) is 27.3. The number of ether oxygens (including phenoxy) is 1. The second-order valence-corrected chi connectivity index (χ2v) is 1.95. The summed E-state index contributed by atoms with van der Waals surface area (Å²) >= 11 is 0. The van der Waals surface area contributed by atoms with Crippen molar-refractivity contribution in [3.05, 3.63) is 0 Å². The number of aldehydes is 1. The maximum Gasteiger partial charge on any atom is 0.160 e. The van der Waals surface area contributed by atoms with E-state index in [2.05, 4.69) is 4.99 Å². The van der Waals surface area contributed by atoms with Gasteiger partial charge in [-0.2, -0.15) is 0 Å². The van der Waals surface area contributed by atoms with Crippen LogP contribution in [0.25, 0.3) is 0 Å². The third-order valence-electron chi connectivity index (χ3n) is 1.26. The van der Waals surface area contributed by atoms with Crippen molar-refractivity contribution in [3.8, 4) is 0 Å². The highest BCUT2D eigenvalue weighted by Gasteiger charge is 2.12. The molecule has 0 radical (unpaired) electrons. The van der Waals surface area contributed by atoms with Crippen molar-refractivity contribution in [3.63, 3.8) is 0 Å². The van der Waals surface area contributed by atoms with Crippen LogP contribution in [-0.4, -0.2) is 31.8 Å². The van der Waals surface area contributed by atoms with Crippen LogP contribution in [0.4, 0.5) is 0 Å². The van der Waals surface area contributed by atoms with Crippen molar-refractivity contribution in [1.29, 1.82) is 0 Å². The Hall–Kier alpha value is -0.700. The van der Waals surface area contributed by atoms with Crippen molar-refractivity contribution in [1.82, 2.24) is 0 Å². The van der Waals surface area contributed by atoms with Crippen LogP contribution in [0.2, 0.25) is 0 Å². The quantitative estimate of drug-likeness (QED) is 0.388. The van der Waals surface area contributed by atoms with E-state index in [9.17, 15) is 4.79 Å². The molecule has 0 aliphatic carbocycles. The number of carbonyl (C=O) groups excluding carboxylic acids is 1. The fourth-order valence-corrected chi connectivity index (χ4v) is 0.796. The van der Waals surface area contributed by atoms with Crippen LogP contribution in [-0.2, 0) is 9.53 Å². The standard InChI is InChI=1S/C6H9NO2/c8-3-2-7-6-1-4-9-5-6/h2-3,6H,1,4-5H2. The lowest BCUT2D eigenvalue weighted by Crippen LogP contribution is -2.02. The molecule has 0 amide bonds. The average Bonchev–Trinajstić information content (AvgIpc) is 2.34. The van der Waals surface area contributed by atoms with Gasteiger partial charge in [-0.15, -0.1) is 0 Å². The topological polar surface area (TPSA) is 38.7 Å². The molecule has 1 atom stereocenters. The minimum absolute atomic E-state index is 0.232. The lowest BCUT2D eigenvalue weighted by molar-refractivity contribution is -0.102. The van der Waals surface area contributed by atoms with E-state index in [-0.39, 0.29) is 6.04 Å². The fourth-order valence-electron chi connectivity index (χ4n) is 0.796. The monoisotopic (exact) mass is 127 g/mol. The highest BCUT2D eigenvalue weighted by molar-refractivity contribution is 6.12. The molecule has 0 bridgehead atoms. The molecule has 0 aromatic rings. The summed E-state index contributed by atoms with van der Waals surface area (Å²) < 4.78 is 5.02. The number of hydrogen-bond donors (Lipinski definition) is 0. The molecule has 1 aliphatic rings. The molecule has 9 heavy (non-hydrogen) atoms. The van der Waals surface area contributed by atoms with E-state index in [4.69, 9.17) is 4.74 Å². The molecule has 1 unspecified atom stereocenters. The Bertz CT molecular complexity index is 116. The first-order valence-corrected chi connectivity index (χ1v) is 2.98. The van der Waals surface area contributed by atoms with Crippen molar-refractivity contribution >= 4 is 12.5 Å². The van der Waals surface area contributed by atoms with Gasteiger partial charge in [0.05, 0.1) is 18.9 Å². The minimum atomic E-state index is 0.232. The summed E-state index contributed by atoms with van der Waals surface area (Å²) in [6.45, 7) is 1.45. The maximum atomic E-state index is 9.77. The summed E-state index contributed by atoms with van der Waals surface area (Å²) in [6.07, 6.45) is 2.93. The number of hydrogen-bond acceptors (Lipinski definition) is 3. The van der Waals surface area contributed by atoms with E-state index in [1.807, 2.05) is 0 Å². The Morgan fingerprint density at radius 3 is 3.11 bits per heavy atom. The van der Waals surface area contributed by atoms with Crippen molar-refractivity contribution in [2.45, 2.75) is 12.5 Å². The molecule has 0 aromatic carbocycles. The molecule has 0 N–H and O–H groups in total. The van der Waals surface area contributed by atoms with Gasteiger partial charge in [0.1, 0.15) is 0 Å². The van der Waals surface area contributed by atoms with E-state index >= 15 is 0 Å². The first-order chi connectivity index (χ1) is 4.43.